The number of hydrogen-bond donors (Lipinski definition) is 2. The lowest BCUT2D eigenvalue weighted by Crippen LogP contribution is -2.39. The van der Waals surface area contributed by atoms with Crippen LogP contribution in [0, 0.1) is 0 Å². The van der Waals surface area contributed by atoms with Gasteiger partial charge >= 0.3 is 0 Å². The Balaban J connectivity index is 0.00000208. The van der Waals surface area contributed by atoms with Gasteiger partial charge in [-0.2, -0.15) is 11.8 Å². The number of anilines is 1. The van der Waals surface area contributed by atoms with Crippen molar-refractivity contribution in [3.8, 4) is 11.6 Å². The monoisotopic (exact) mass is 366 g/mol. The molecule has 1 amide bonds. The van der Waals surface area contributed by atoms with Crippen molar-refractivity contribution in [1.82, 2.24) is 15.3 Å². The Morgan fingerprint density at radius 1 is 1.42 bits per heavy atom. The van der Waals surface area contributed by atoms with Crippen LogP contribution in [0.5, 0.6) is 11.6 Å². The van der Waals surface area contributed by atoms with Gasteiger partial charge in [0.25, 0.3) is 0 Å². The molecule has 1 saturated heterocycles. The maximum atomic E-state index is 12.1. The first-order valence-electron chi connectivity index (χ1n) is 7.44. The number of nitrogens with one attached hydrogen (secondary N) is 2. The molecule has 24 heavy (non-hydrogen) atoms. The molecule has 2 heterocycles. The lowest BCUT2D eigenvalue weighted by Gasteiger charge is -2.22. The molecule has 0 saturated carbocycles. The Morgan fingerprint density at radius 3 is 3.08 bits per heavy atom. The first-order chi connectivity index (χ1) is 11.3. The van der Waals surface area contributed by atoms with Crippen LogP contribution in [-0.4, -0.2) is 40.0 Å². The van der Waals surface area contributed by atoms with Gasteiger partial charge in [0.2, 0.25) is 11.8 Å². The van der Waals surface area contributed by atoms with Crippen LogP contribution in [0.4, 0.5) is 5.69 Å². The fraction of sp³-hybridized carbons (Fsp3) is 0.312. The number of nitrogens with zero attached hydrogens (tertiary/aromatic N) is 2. The number of ether oxygens (including phenoxy) is 1. The number of halogens is 1. The van der Waals surface area contributed by atoms with Crippen LogP contribution in [0.15, 0.2) is 42.9 Å². The number of benzene rings is 1. The third kappa shape index (κ3) is 5.67. The molecule has 1 aliphatic heterocycles. The second-order valence-electron chi connectivity index (χ2n) is 5.15. The van der Waals surface area contributed by atoms with Crippen molar-refractivity contribution < 1.29 is 9.53 Å². The smallest absolute Gasteiger partial charge is 0.237 e. The number of amides is 1. The molecule has 0 bridgehead atoms. The van der Waals surface area contributed by atoms with Crippen molar-refractivity contribution in [2.24, 2.45) is 0 Å². The highest BCUT2D eigenvalue weighted by molar-refractivity contribution is 7.99. The predicted octanol–water partition coefficient (Wildman–Crippen LogP) is 2.72. The van der Waals surface area contributed by atoms with E-state index in [1.165, 1.54) is 6.20 Å². The quantitative estimate of drug-likeness (QED) is 0.847. The molecule has 1 atom stereocenters. The molecular formula is C16H19ClN4O2S. The summed E-state index contributed by atoms with van der Waals surface area (Å²) in [6.45, 7) is 0.962. The van der Waals surface area contributed by atoms with E-state index in [0.717, 1.165) is 18.1 Å². The summed E-state index contributed by atoms with van der Waals surface area (Å²) >= 11 is 1.88. The molecule has 2 N–H and O–H groups in total. The van der Waals surface area contributed by atoms with Gasteiger partial charge in [0.05, 0.1) is 6.20 Å². The highest BCUT2D eigenvalue weighted by Gasteiger charge is 2.16. The zero-order valence-corrected chi connectivity index (χ0v) is 14.6. The van der Waals surface area contributed by atoms with Crippen LogP contribution in [0.3, 0.4) is 0 Å². The molecule has 3 rings (SSSR count). The van der Waals surface area contributed by atoms with Crippen LogP contribution in [0.25, 0.3) is 0 Å². The maximum Gasteiger partial charge on any atom is 0.237 e. The van der Waals surface area contributed by atoms with Gasteiger partial charge in [0, 0.05) is 54.7 Å². The Labute approximate surface area is 151 Å². The zero-order valence-electron chi connectivity index (χ0n) is 13.0. The third-order valence-corrected chi connectivity index (χ3v) is 4.44. The summed E-state index contributed by atoms with van der Waals surface area (Å²) in [5.41, 5.74) is 0.708. The van der Waals surface area contributed by atoms with Gasteiger partial charge in [0.1, 0.15) is 5.75 Å². The molecule has 6 nitrogen and oxygen atoms in total. The summed E-state index contributed by atoms with van der Waals surface area (Å²) in [7, 11) is 0. The van der Waals surface area contributed by atoms with Crippen LogP contribution in [0.1, 0.15) is 6.42 Å². The van der Waals surface area contributed by atoms with Crippen LogP contribution < -0.4 is 15.4 Å². The fourth-order valence-electron chi connectivity index (χ4n) is 2.28. The summed E-state index contributed by atoms with van der Waals surface area (Å²) in [4.78, 5) is 20.1. The van der Waals surface area contributed by atoms with Gasteiger partial charge in [-0.1, -0.05) is 6.07 Å². The van der Waals surface area contributed by atoms with E-state index in [4.69, 9.17) is 4.74 Å². The van der Waals surface area contributed by atoms with E-state index in [0.29, 0.717) is 23.7 Å². The molecule has 1 aromatic carbocycles. The Morgan fingerprint density at radius 2 is 2.33 bits per heavy atom. The highest BCUT2D eigenvalue weighted by Crippen LogP contribution is 2.22. The second-order valence-corrected chi connectivity index (χ2v) is 6.30. The van der Waals surface area contributed by atoms with Crippen LogP contribution >= 0.6 is 24.2 Å². The van der Waals surface area contributed by atoms with Crippen molar-refractivity contribution in [2.45, 2.75) is 12.5 Å². The van der Waals surface area contributed by atoms with E-state index in [1.807, 2.05) is 30.0 Å². The first kappa shape index (κ1) is 18.5. The third-order valence-electron chi connectivity index (χ3n) is 3.31. The minimum Gasteiger partial charge on any atom is -0.437 e. The summed E-state index contributed by atoms with van der Waals surface area (Å²) in [5, 5.41) is 6.27. The van der Waals surface area contributed by atoms with E-state index in [9.17, 15) is 4.79 Å². The Hall–Kier alpha value is -1.83. The molecule has 1 aromatic heterocycles. The van der Waals surface area contributed by atoms with Crippen molar-refractivity contribution in [3.05, 3.63) is 42.9 Å². The van der Waals surface area contributed by atoms with Crippen molar-refractivity contribution in [2.75, 3.05) is 23.4 Å². The van der Waals surface area contributed by atoms with E-state index >= 15 is 0 Å². The molecule has 8 heteroatoms. The predicted molar refractivity (Wildman–Crippen MR) is 98.2 cm³/mol. The Kier molecular flexibility index (Phi) is 7.30. The van der Waals surface area contributed by atoms with E-state index in [1.54, 1.807) is 18.5 Å². The zero-order chi connectivity index (χ0) is 15.9. The second kappa shape index (κ2) is 9.46. The standard InChI is InChI=1S/C16H18N4O2S.ClH/c21-15(9-13-11-23-7-6-18-13)20-12-2-1-3-14(8-12)22-16-10-17-4-5-19-16;/h1-5,8,10,13,18H,6-7,9,11H2,(H,20,21);1H. The normalized spacial score (nSPS) is 16.8. The molecule has 0 radical (unpaired) electrons. The van der Waals surface area contributed by atoms with Crippen LogP contribution in [0.2, 0.25) is 0 Å². The first-order valence-corrected chi connectivity index (χ1v) is 8.60. The molecule has 0 spiro atoms. The lowest BCUT2D eigenvalue weighted by atomic mass is 10.2. The van der Waals surface area contributed by atoms with Gasteiger partial charge in [0.15, 0.2) is 0 Å². The topological polar surface area (TPSA) is 76.1 Å². The average molecular weight is 367 g/mol. The lowest BCUT2D eigenvalue weighted by molar-refractivity contribution is -0.116. The molecule has 1 unspecified atom stereocenters. The minimum absolute atomic E-state index is 0. The minimum atomic E-state index is 0. The van der Waals surface area contributed by atoms with Gasteiger partial charge in [-0.15, -0.1) is 12.4 Å². The number of aromatic nitrogens is 2. The van der Waals surface area contributed by atoms with Gasteiger partial charge < -0.3 is 15.4 Å². The molecular weight excluding hydrogens is 348 g/mol. The van der Waals surface area contributed by atoms with Crippen molar-refractivity contribution in [3.63, 3.8) is 0 Å². The SMILES string of the molecule is Cl.O=C(CC1CSCCN1)Nc1cccc(Oc2cnccn2)c1. The number of hydrogen-bond acceptors (Lipinski definition) is 6. The number of carbonyl (C=O) groups is 1. The summed E-state index contributed by atoms with van der Waals surface area (Å²) < 4.78 is 5.61. The van der Waals surface area contributed by atoms with E-state index < -0.39 is 0 Å². The number of carbonyl (C=O) groups excluding carboxylic acids is 1. The number of rotatable bonds is 5. The van der Waals surface area contributed by atoms with Gasteiger partial charge in [-0.3, -0.25) is 9.78 Å². The van der Waals surface area contributed by atoms with Crippen molar-refractivity contribution >= 4 is 35.8 Å². The molecule has 2 aromatic rings. The van der Waals surface area contributed by atoms with Crippen molar-refractivity contribution in [1.29, 1.82) is 0 Å². The summed E-state index contributed by atoms with van der Waals surface area (Å²) in [5.74, 6) is 3.11. The summed E-state index contributed by atoms with van der Waals surface area (Å²) in [6.07, 6.45) is 5.16. The molecule has 1 fully saturated rings. The van der Waals surface area contributed by atoms with E-state index in [2.05, 4.69) is 20.6 Å². The van der Waals surface area contributed by atoms with Crippen LogP contribution in [-0.2, 0) is 4.79 Å². The largest absolute Gasteiger partial charge is 0.437 e. The fourth-order valence-corrected chi connectivity index (χ4v) is 3.23. The molecule has 128 valence electrons. The van der Waals surface area contributed by atoms with Gasteiger partial charge in [-0.05, 0) is 12.1 Å². The molecule has 1 aliphatic rings. The maximum absolute atomic E-state index is 12.1. The summed E-state index contributed by atoms with van der Waals surface area (Å²) in [6, 6.07) is 7.49. The van der Waals surface area contributed by atoms with E-state index in [-0.39, 0.29) is 24.4 Å². The number of thioether (sulfide) groups is 1. The molecule has 0 aliphatic carbocycles. The average Bonchev–Trinajstić information content (AvgIpc) is 2.57. The van der Waals surface area contributed by atoms with Gasteiger partial charge in [-0.25, -0.2) is 4.98 Å². The Bertz CT molecular complexity index is 654. The highest BCUT2D eigenvalue weighted by atomic mass is 35.5.